The number of anilines is 1. The maximum Gasteiger partial charge on any atom is 0.240 e. The molecule has 0 radical (unpaired) electrons. The van der Waals surface area contributed by atoms with Crippen molar-refractivity contribution in [3.63, 3.8) is 0 Å². The molecule has 0 fully saturated rings. The van der Waals surface area contributed by atoms with Gasteiger partial charge in [-0.25, -0.2) is 18.1 Å². The zero-order chi connectivity index (χ0) is 18.6. The molecule has 0 unspecified atom stereocenters. The first kappa shape index (κ1) is 18.7. The summed E-state index contributed by atoms with van der Waals surface area (Å²) in [7, 11) is -3.60. The lowest BCUT2D eigenvalue weighted by Crippen LogP contribution is -2.27. The zero-order valence-corrected chi connectivity index (χ0v) is 16.4. The van der Waals surface area contributed by atoms with E-state index in [1.807, 2.05) is 24.4 Å². The highest BCUT2D eigenvalue weighted by Crippen LogP contribution is 2.30. The van der Waals surface area contributed by atoms with E-state index in [9.17, 15) is 13.2 Å². The van der Waals surface area contributed by atoms with Crippen molar-refractivity contribution >= 4 is 43.7 Å². The number of hydrogen-bond acceptors (Lipinski definition) is 6. The standard InChI is InChI=1S/C17H17N3O3S3/c1-12-7-8-15(25-12)14-11-24-17(19-14)20-16(21)9-10-18-26(22,23)13-5-3-2-4-6-13/h2-8,11,18H,9-10H2,1H3,(H,19,20,21). The summed E-state index contributed by atoms with van der Waals surface area (Å²) in [5.74, 6) is -0.288. The van der Waals surface area contributed by atoms with Crippen molar-refractivity contribution in [1.82, 2.24) is 9.71 Å². The van der Waals surface area contributed by atoms with Crippen molar-refractivity contribution in [3.8, 4) is 10.6 Å². The van der Waals surface area contributed by atoms with E-state index in [-0.39, 0.29) is 23.8 Å². The first-order valence-electron chi connectivity index (χ1n) is 7.81. The van der Waals surface area contributed by atoms with Crippen LogP contribution in [0.25, 0.3) is 10.6 Å². The molecular weight excluding hydrogens is 390 g/mol. The largest absolute Gasteiger partial charge is 0.302 e. The number of aromatic nitrogens is 1. The van der Waals surface area contributed by atoms with Gasteiger partial charge in [-0.2, -0.15) is 0 Å². The number of rotatable bonds is 7. The van der Waals surface area contributed by atoms with Crippen molar-refractivity contribution in [1.29, 1.82) is 0 Å². The van der Waals surface area contributed by atoms with Crippen LogP contribution in [0.1, 0.15) is 11.3 Å². The van der Waals surface area contributed by atoms with Gasteiger partial charge in [0.15, 0.2) is 5.13 Å². The average Bonchev–Trinajstić information content (AvgIpc) is 3.24. The number of hydrogen-bond donors (Lipinski definition) is 2. The topological polar surface area (TPSA) is 88.2 Å². The van der Waals surface area contributed by atoms with E-state index < -0.39 is 10.0 Å². The van der Waals surface area contributed by atoms with E-state index in [1.54, 1.807) is 29.5 Å². The predicted octanol–water partition coefficient (Wildman–Crippen LogP) is 3.49. The highest BCUT2D eigenvalue weighted by molar-refractivity contribution is 7.89. The maximum atomic E-state index is 12.1. The number of carbonyl (C=O) groups excluding carboxylic acids is 1. The van der Waals surface area contributed by atoms with E-state index >= 15 is 0 Å². The van der Waals surface area contributed by atoms with Crippen LogP contribution in [0, 0.1) is 6.92 Å². The smallest absolute Gasteiger partial charge is 0.240 e. The second-order valence-electron chi connectivity index (χ2n) is 5.46. The summed E-state index contributed by atoms with van der Waals surface area (Å²) in [4.78, 5) is 18.8. The summed E-state index contributed by atoms with van der Waals surface area (Å²) in [6.07, 6.45) is 0.0269. The fraction of sp³-hybridized carbons (Fsp3) is 0.176. The maximum absolute atomic E-state index is 12.1. The van der Waals surface area contributed by atoms with Gasteiger partial charge in [0.1, 0.15) is 0 Å². The molecule has 1 aromatic carbocycles. The SMILES string of the molecule is Cc1ccc(-c2csc(NC(=O)CCNS(=O)(=O)c3ccccc3)n2)s1. The highest BCUT2D eigenvalue weighted by Gasteiger charge is 2.14. The van der Waals surface area contributed by atoms with E-state index in [1.165, 1.54) is 28.3 Å². The molecule has 0 saturated heterocycles. The Balaban J connectivity index is 1.51. The number of carbonyl (C=O) groups is 1. The van der Waals surface area contributed by atoms with Gasteiger partial charge in [-0.15, -0.1) is 22.7 Å². The number of benzene rings is 1. The number of nitrogens with zero attached hydrogens (tertiary/aromatic N) is 1. The van der Waals surface area contributed by atoms with E-state index in [4.69, 9.17) is 0 Å². The number of thiophene rings is 1. The van der Waals surface area contributed by atoms with Gasteiger partial charge in [0.2, 0.25) is 15.9 Å². The number of nitrogens with one attached hydrogen (secondary N) is 2. The summed E-state index contributed by atoms with van der Waals surface area (Å²) in [5.41, 5.74) is 0.827. The number of aryl methyl sites for hydroxylation is 1. The van der Waals surface area contributed by atoms with Crippen LogP contribution < -0.4 is 10.0 Å². The van der Waals surface area contributed by atoms with Crippen LogP contribution in [0.15, 0.2) is 52.7 Å². The van der Waals surface area contributed by atoms with Gasteiger partial charge in [0.05, 0.1) is 15.5 Å². The van der Waals surface area contributed by atoms with Gasteiger partial charge in [0, 0.05) is 23.2 Å². The van der Waals surface area contributed by atoms with Crippen LogP contribution in [-0.2, 0) is 14.8 Å². The average molecular weight is 408 g/mol. The Morgan fingerprint density at radius 3 is 2.62 bits per heavy atom. The molecule has 0 saturated carbocycles. The third kappa shape index (κ3) is 4.76. The minimum atomic E-state index is -3.60. The Labute approximate surface area is 160 Å². The second kappa shape index (κ2) is 8.09. The third-order valence-electron chi connectivity index (χ3n) is 3.44. The first-order valence-corrected chi connectivity index (χ1v) is 11.0. The Morgan fingerprint density at radius 1 is 1.15 bits per heavy atom. The van der Waals surface area contributed by atoms with Crippen molar-refractivity contribution in [2.45, 2.75) is 18.2 Å². The van der Waals surface area contributed by atoms with E-state index in [0.717, 1.165) is 10.6 Å². The van der Waals surface area contributed by atoms with Crippen LogP contribution in [0.4, 0.5) is 5.13 Å². The molecule has 0 aliphatic rings. The molecule has 1 amide bonds. The van der Waals surface area contributed by atoms with Crippen molar-refractivity contribution in [3.05, 3.63) is 52.7 Å². The molecule has 0 bridgehead atoms. The number of sulfonamides is 1. The zero-order valence-electron chi connectivity index (χ0n) is 13.9. The predicted molar refractivity (Wildman–Crippen MR) is 105 cm³/mol. The third-order valence-corrected chi connectivity index (χ3v) is 6.70. The van der Waals surface area contributed by atoms with Crippen LogP contribution in [0.5, 0.6) is 0 Å². The van der Waals surface area contributed by atoms with Gasteiger partial charge in [-0.05, 0) is 31.2 Å². The van der Waals surface area contributed by atoms with Crippen molar-refractivity contribution in [2.24, 2.45) is 0 Å². The lowest BCUT2D eigenvalue weighted by Gasteiger charge is -2.06. The van der Waals surface area contributed by atoms with E-state index in [2.05, 4.69) is 15.0 Å². The minimum Gasteiger partial charge on any atom is -0.302 e. The summed E-state index contributed by atoms with van der Waals surface area (Å²) in [6, 6.07) is 12.1. The molecule has 2 heterocycles. The van der Waals surface area contributed by atoms with Crippen LogP contribution >= 0.6 is 22.7 Å². The molecule has 2 aromatic heterocycles. The Hall–Kier alpha value is -2.07. The molecular formula is C17H17N3O3S3. The molecule has 0 atom stereocenters. The molecule has 0 aliphatic heterocycles. The quantitative estimate of drug-likeness (QED) is 0.628. The van der Waals surface area contributed by atoms with Gasteiger partial charge in [0.25, 0.3) is 0 Å². The Kier molecular flexibility index (Phi) is 5.82. The monoisotopic (exact) mass is 407 g/mol. The lowest BCUT2D eigenvalue weighted by atomic mass is 10.4. The molecule has 2 N–H and O–H groups in total. The normalized spacial score (nSPS) is 11.4. The van der Waals surface area contributed by atoms with Gasteiger partial charge < -0.3 is 5.32 Å². The Morgan fingerprint density at radius 2 is 1.92 bits per heavy atom. The molecule has 6 nitrogen and oxygen atoms in total. The van der Waals surface area contributed by atoms with Crippen molar-refractivity contribution < 1.29 is 13.2 Å². The minimum absolute atomic E-state index is 0.0193. The molecule has 3 rings (SSSR count). The molecule has 0 spiro atoms. The fourth-order valence-corrected chi connectivity index (χ4v) is 4.86. The van der Waals surface area contributed by atoms with Crippen LogP contribution in [-0.4, -0.2) is 25.9 Å². The summed E-state index contributed by atoms with van der Waals surface area (Å²) in [5, 5.41) is 5.09. The number of thiazole rings is 1. The summed E-state index contributed by atoms with van der Waals surface area (Å²) < 4.78 is 26.6. The van der Waals surface area contributed by atoms with Gasteiger partial charge in [-0.3, -0.25) is 4.79 Å². The molecule has 9 heteroatoms. The fourth-order valence-electron chi connectivity index (χ4n) is 2.18. The summed E-state index contributed by atoms with van der Waals surface area (Å²) in [6.45, 7) is 2.05. The van der Waals surface area contributed by atoms with Crippen LogP contribution in [0.2, 0.25) is 0 Å². The van der Waals surface area contributed by atoms with Gasteiger partial charge in [-0.1, -0.05) is 18.2 Å². The molecule has 0 aliphatic carbocycles. The first-order chi connectivity index (χ1) is 12.4. The molecule has 136 valence electrons. The number of amides is 1. The Bertz CT molecular complexity index is 994. The highest BCUT2D eigenvalue weighted by atomic mass is 32.2. The summed E-state index contributed by atoms with van der Waals surface area (Å²) >= 11 is 2.99. The molecule has 26 heavy (non-hydrogen) atoms. The molecule has 3 aromatic rings. The van der Waals surface area contributed by atoms with Crippen molar-refractivity contribution in [2.75, 3.05) is 11.9 Å². The van der Waals surface area contributed by atoms with Gasteiger partial charge >= 0.3 is 0 Å². The van der Waals surface area contributed by atoms with Crippen LogP contribution in [0.3, 0.4) is 0 Å². The lowest BCUT2D eigenvalue weighted by molar-refractivity contribution is -0.116. The second-order valence-corrected chi connectivity index (χ2v) is 9.37. The van der Waals surface area contributed by atoms with E-state index in [0.29, 0.717) is 5.13 Å².